The van der Waals surface area contributed by atoms with Crippen LogP contribution in [-0.4, -0.2) is 27.3 Å². The Morgan fingerprint density at radius 3 is 2.76 bits per heavy atom. The molecule has 3 aromatic rings. The maximum atomic E-state index is 13.4. The Morgan fingerprint density at radius 1 is 1.20 bits per heavy atom. The van der Waals surface area contributed by atoms with E-state index in [9.17, 15) is 14.3 Å². The summed E-state index contributed by atoms with van der Waals surface area (Å²) >= 11 is 0. The molecule has 0 fully saturated rings. The molecule has 7 heteroatoms. The van der Waals surface area contributed by atoms with E-state index in [1.54, 1.807) is 11.0 Å². The molecule has 0 unspecified atom stereocenters. The van der Waals surface area contributed by atoms with Crippen LogP contribution in [0.25, 0.3) is 11.5 Å². The molecule has 1 atom stereocenters. The number of aromatic nitrogens is 2. The Labute approximate surface area is 142 Å². The highest BCUT2D eigenvalue weighted by Crippen LogP contribution is 2.29. The Kier molecular flexibility index (Phi) is 3.68. The van der Waals surface area contributed by atoms with Gasteiger partial charge in [-0.15, -0.1) is 0 Å². The van der Waals surface area contributed by atoms with E-state index >= 15 is 0 Å². The lowest BCUT2D eigenvalue weighted by molar-refractivity contribution is -0.138. The number of carboxylic acids is 1. The number of aliphatic carboxylic acids is 1. The maximum absolute atomic E-state index is 13.4. The van der Waals surface area contributed by atoms with Crippen LogP contribution in [0, 0.1) is 5.82 Å². The van der Waals surface area contributed by atoms with E-state index in [4.69, 9.17) is 4.52 Å². The van der Waals surface area contributed by atoms with E-state index in [-0.39, 0.29) is 24.7 Å². The lowest BCUT2D eigenvalue weighted by Crippen LogP contribution is -2.46. The number of halogens is 1. The summed E-state index contributed by atoms with van der Waals surface area (Å²) in [5, 5.41) is 13.5. The molecule has 0 spiro atoms. The number of anilines is 1. The van der Waals surface area contributed by atoms with Crippen LogP contribution in [0.4, 0.5) is 10.3 Å². The summed E-state index contributed by atoms with van der Waals surface area (Å²) in [5.74, 6) is -0.853. The van der Waals surface area contributed by atoms with Gasteiger partial charge in [-0.3, -0.25) is 0 Å². The third kappa shape index (κ3) is 2.84. The second kappa shape index (κ2) is 6.01. The summed E-state index contributed by atoms with van der Waals surface area (Å²) in [5.41, 5.74) is 2.30. The lowest BCUT2D eigenvalue weighted by Gasteiger charge is -2.33. The zero-order valence-corrected chi connectivity index (χ0v) is 13.1. The fourth-order valence-electron chi connectivity index (χ4n) is 3.01. The van der Waals surface area contributed by atoms with Gasteiger partial charge >= 0.3 is 5.97 Å². The number of benzene rings is 2. The standard InChI is InChI=1S/C18H14FN3O3/c19-14-7-6-12-10-22(15(17(23)24)9-13(12)8-14)18-20-16(25-21-18)11-4-2-1-3-5-11/h1-8,15H,9-10H2,(H,23,24)/t15-/m0/s1. The van der Waals surface area contributed by atoms with E-state index in [2.05, 4.69) is 10.1 Å². The van der Waals surface area contributed by atoms with Gasteiger partial charge in [0, 0.05) is 18.5 Å². The molecule has 1 aliphatic rings. The third-order valence-corrected chi connectivity index (χ3v) is 4.28. The fraction of sp³-hybridized carbons (Fsp3) is 0.167. The van der Waals surface area contributed by atoms with Crippen molar-refractivity contribution in [1.29, 1.82) is 0 Å². The van der Waals surface area contributed by atoms with Gasteiger partial charge in [0.05, 0.1) is 0 Å². The molecule has 0 amide bonds. The van der Waals surface area contributed by atoms with Crippen molar-refractivity contribution in [3.63, 3.8) is 0 Å². The number of hydrogen-bond acceptors (Lipinski definition) is 5. The molecule has 1 aliphatic heterocycles. The van der Waals surface area contributed by atoms with Crippen LogP contribution >= 0.6 is 0 Å². The van der Waals surface area contributed by atoms with Gasteiger partial charge in [-0.05, 0) is 40.5 Å². The SMILES string of the molecule is O=C(O)[C@@H]1Cc2cc(F)ccc2CN1c1noc(-c2ccccc2)n1. The predicted molar refractivity (Wildman–Crippen MR) is 87.4 cm³/mol. The van der Waals surface area contributed by atoms with Crippen molar-refractivity contribution in [3.8, 4) is 11.5 Å². The van der Waals surface area contributed by atoms with Gasteiger partial charge in [0.2, 0.25) is 0 Å². The van der Waals surface area contributed by atoms with Crippen LogP contribution in [0.5, 0.6) is 0 Å². The van der Waals surface area contributed by atoms with Crippen LogP contribution in [0.1, 0.15) is 11.1 Å². The van der Waals surface area contributed by atoms with Gasteiger partial charge in [0.1, 0.15) is 11.9 Å². The van der Waals surface area contributed by atoms with E-state index in [1.807, 2.05) is 30.3 Å². The van der Waals surface area contributed by atoms with E-state index < -0.39 is 12.0 Å². The van der Waals surface area contributed by atoms with Crippen LogP contribution in [0.15, 0.2) is 53.1 Å². The van der Waals surface area contributed by atoms with Crippen LogP contribution in [0.3, 0.4) is 0 Å². The van der Waals surface area contributed by atoms with Crippen molar-refractivity contribution in [1.82, 2.24) is 10.1 Å². The van der Waals surface area contributed by atoms with Gasteiger partial charge < -0.3 is 14.5 Å². The summed E-state index contributed by atoms with van der Waals surface area (Å²) in [6.07, 6.45) is 0.178. The molecule has 1 N–H and O–H groups in total. The average Bonchev–Trinajstić information content (AvgIpc) is 3.11. The first-order valence-electron chi connectivity index (χ1n) is 7.78. The minimum absolute atomic E-state index is 0.178. The Hall–Kier alpha value is -3.22. The van der Waals surface area contributed by atoms with Crippen molar-refractivity contribution >= 4 is 11.9 Å². The maximum Gasteiger partial charge on any atom is 0.326 e. The Bertz CT molecular complexity index is 926. The normalized spacial score (nSPS) is 16.5. The lowest BCUT2D eigenvalue weighted by atomic mass is 9.94. The summed E-state index contributed by atoms with van der Waals surface area (Å²) in [6, 6.07) is 12.8. The van der Waals surface area contributed by atoms with Gasteiger partial charge in [-0.25, -0.2) is 9.18 Å². The molecule has 126 valence electrons. The molecule has 0 saturated heterocycles. The molecule has 2 heterocycles. The quantitative estimate of drug-likeness (QED) is 0.790. The number of hydrogen-bond donors (Lipinski definition) is 1. The summed E-state index contributed by atoms with van der Waals surface area (Å²) in [6.45, 7) is 0.278. The number of carbonyl (C=O) groups is 1. The van der Waals surface area contributed by atoms with Gasteiger partial charge in [-0.1, -0.05) is 24.3 Å². The minimum Gasteiger partial charge on any atom is -0.480 e. The fourth-order valence-corrected chi connectivity index (χ4v) is 3.01. The molecular weight excluding hydrogens is 325 g/mol. The molecular formula is C18H14FN3O3. The zero-order valence-electron chi connectivity index (χ0n) is 13.1. The first kappa shape index (κ1) is 15.3. The molecule has 0 radical (unpaired) electrons. The number of fused-ring (bicyclic) bond motifs is 1. The van der Waals surface area contributed by atoms with Crippen molar-refractivity contribution in [2.45, 2.75) is 19.0 Å². The van der Waals surface area contributed by atoms with E-state index in [0.29, 0.717) is 11.5 Å². The summed E-state index contributed by atoms with van der Waals surface area (Å²) in [7, 11) is 0. The first-order valence-corrected chi connectivity index (χ1v) is 7.78. The van der Waals surface area contributed by atoms with Crippen molar-refractivity contribution < 1.29 is 18.8 Å². The Morgan fingerprint density at radius 2 is 2.00 bits per heavy atom. The van der Waals surface area contributed by atoms with E-state index in [1.165, 1.54) is 12.1 Å². The van der Waals surface area contributed by atoms with Crippen LogP contribution in [0.2, 0.25) is 0 Å². The predicted octanol–water partition coefficient (Wildman–Crippen LogP) is 2.89. The number of rotatable bonds is 3. The van der Waals surface area contributed by atoms with Crippen LogP contribution < -0.4 is 4.90 Å². The second-order valence-corrected chi connectivity index (χ2v) is 5.86. The largest absolute Gasteiger partial charge is 0.480 e. The molecule has 0 aliphatic carbocycles. The second-order valence-electron chi connectivity index (χ2n) is 5.86. The zero-order chi connectivity index (χ0) is 17.4. The molecule has 0 bridgehead atoms. The highest BCUT2D eigenvalue weighted by atomic mass is 19.1. The Balaban J connectivity index is 1.70. The van der Waals surface area contributed by atoms with Crippen LogP contribution in [-0.2, 0) is 17.8 Å². The van der Waals surface area contributed by atoms with E-state index in [0.717, 1.165) is 11.1 Å². The van der Waals surface area contributed by atoms with Crippen molar-refractivity contribution in [3.05, 3.63) is 65.5 Å². The molecule has 6 nitrogen and oxygen atoms in total. The first-order chi connectivity index (χ1) is 12.1. The van der Waals surface area contributed by atoms with Gasteiger partial charge in [-0.2, -0.15) is 4.98 Å². The van der Waals surface area contributed by atoms with Gasteiger partial charge in [0.25, 0.3) is 11.8 Å². The number of nitrogens with zero attached hydrogens (tertiary/aromatic N) is 3. The third-order valence-electron chi connectivity index (χ3n) is 4.28. The highest BCUT2D eigenvalue weighted by molar-refractivity contribution is 5.78. The molecule has 4 rings (SSSR count). The number of carboxylic acid groups (broad SMARTS) is 1. The van der Waals surface area contributed by atoms with Gasteiger partial charge in [0.15, 0.2) is 0 Å². The molecule has 2 aromatic carbocycles. The highest BCUT2D eigenvalue weighted by Gasteiger charge is 2.34. The molecule has 0 saturated carbocycles. The monoisotopic (exact) mass is 339 g/mol. The van der Waals surface area contributed by atoms with Crippen molar-refractivity contribution in [2.24, 2.45) is 0 Å². The average molecular weight is 339 g/mol. The summed E-state index contributed by atoms with van der Waals surface area (Å²) < 4.78 is 18.7. The summed E-state index contributed by atoms with van der Waals surface area (Å²) in [4.78, 5) is 17.6. The topological polar surface area (TPSA) is 79.5 Å². The molecule has 1 aromatic heterocycles. The smallest absolute Gasteiger partial charge is 0.326 e. The van der Waals surface area contributed by atoms with Crippen molar-refractivity contribution in [2.75, 3.05) is 4.90 Å². The molecule has 25 heavy (non-hydrogen) atoms. The minimum atomic E-state index is -1.01.